The molecule has 0 bridgehead atoms. The van der Waals surface area contributed by atoms with Crippen LogP contribution in [0.3, 0.4) is 0 Å². The standard InChI is InChI=1S/C12H28N3P/c1-10(2)14-9-8-12(5)15(11(3)4)16(14)13(6)7/h10-12H,8-9H2,1-7H3. The van der Waals surface area contributed by atoms with Gasteiger partial charge in [-0.25, -0.2) is 0 Å². The molecule has 16 heavy (non-hydrogen) atoms. The Hall–Kier alpha value is 0.310. The lowest BCUT2D eigenvalue weighted by atomic mass is 10.2. The van der Waals surface area contributed by atoms with Crippen LogP contribution in [0, 0.1) is 0 Å². The van der Waals surface area contributed by atoms with E-state index in [0.29, 0.717) is 18.1 Å². The third-order valence-electron chi connectivity index (χ3n) is 3.15. The van der Waals surface area contributed by atoms with Gasteiger partial charge in [-0.2, -0.15) is 0 Å². The van der Waals surface area contributed by atoms with E-state index < -0.39 is 0 Å². The Morgan fingerprint density at radius 3 is 2.06 bits per heavy atom. The molecule has 1 heterocycles. The molecule has 1 fully saturated rings. The molecule has 2 atom stereocenters. The minimum Gasteiger partial charge on any atom is -0.263 e. The van der Waals surface area contributed by atoms with E-state index in [1.54, 1.807) is 0 Å². The van der Waals surface area contributed by atoms with Crippen molar-refractivity contribution in [3.63, 3.8) is 0 Å². The summed E-state index contributed by atoms with van der Waals surface area (Å²) >= 11 is 0. The third kappa shape index (κ3) is 2.95. The molecule has 1 aliphatic heterocycles. The van der Waals surface area contributed by atoms with E-state index in [0.717, 1.165) is 0 Å². The maximum atomic E-state index is 2.69. The minimum absolute atomic E-state index is 0.276. The second kappa shape index (κ2) is 5.77. The lowest BCUT2D eigenvalue weighted by Gasteiger charge is -2.52. The number of hydrogen-bond donors (Lipinski definition) is 0. The van der Waals surface area contributed by atoms with Gasteiger partial charge in [0.15, 0.2) is 0 Å². The summed E-state index contributed by atoms with van der Waals surface area (Å²) in [7, 11) is 4.16. The van der Waals surface area contributed by atoms with Crippen molar-refractivity contribution in [3.05, 3.63) is 0 Å². The lowest BCUT2D eigenvalue weighted by molar-refractivity contribution is 0.190. The van der Waals surface area contributed by atoms with Crippen molar-refractivity contribution in [2.75, 3.05) is 20.6 Å². The Morgan fingerprint density at radius 1 is 1.12 bits per heavy atom. The van der Waals surface area contributed by atoms with Crippen molar-refractivity contribution in [2.24, 2.45) is 0 Å². The summed E-state index contributed by atoms with van der Waals surface area (Å²) in [6, 6.07) is 1.98. The van der Waals surface area contributed by atoms with Crippen LogP contribution < -0.4 is 0 Å². The summed E-state index contributed by atoms with van der Waals surface area (Å²) in [4.78, 5) is 0. The molecule has 0 aliphatic carbocycles. The second-order valence-electron chi connectivity index (χ2n) is 5.48. The summed E-state index contributed by atoms with van der Waals surface area (Å²) < 4.78 is 7.76. The highest BCUT2D eigenvalue weighted by molar-refractivity contribution is 7.50. The van der Waals surface area contributed by atoms with Gasteiger partial charge in [0.2, 0.25) is 0 Å². The van der Waals surface area contributed by atoms with Gasteiger partial charge in [-0.05, 0) is 55.1 Å². The molecule has 1 rings (SSSR count). The predicted octanol–water partition coefficient (Wildman–Crippen LogP) is 2.99. The maximum absolute atomic E-state index is 2.69. The fraction of sp³-hybridized carbons (Fsp3) is 1.00. The SMILES string of the molecule is CC(C)N1CCC(C)N(C(C)C)P1N(C)C. The van der Waals surface area contributed by atoms with Gasteiger partial charge >= 0.3 is 0 Å². The van der Waals surface area contributed by atoms with Crippen LogP contribution in [0.15, 0.2) is 0 Å². The molecule has 0 saturated carbocycles. The molecule has 0 spiro atoms. The Labute approximate surface area is 103 Å². The van der Waals surface area contributed by atoms with E-state index in [2.05, 4.69) is 62.7 Å². The fourth-order valence-corrected chi connectivity index (χ4v) is 5.19. The first-order valence-corrected chi connectivity index (χ1v) is 7.58. The molecule has 1 saturated heterocycles. The molecule has 0 aromatic rings. The van der Waals surface area contributed by atoms with Crippen molar-refractivity contribution in [1.29, 1.82) is 0 Å². The number of rotatable bonds is 3. The topological polar surface area (TPSA) is 9.72 Å². The highest BCUT2D eigenvalue weighted by atomic mass is 31.2. The molecule has 0 aromatic carbocycles. The van der Waals surface area contributed by atoms with Gasteiger partial charge in [-0.1, -0.05) is 0 Å². The average molecular weight is 245 g/mol. The Morgan fingerprint density at radius 2 is 1.69 bits per heavy atom. The smallest absolute Gasteiger partial charge is 0.120 e. The van der Waals surface area contributed by atoms with E-state index in [-0.39, 0.29) is 8.37 Å². The Balaban J connectivity index is 2.92. The van der Waals surface area contributed by atoms with Crippen molar-refractivity contribution in [2.45, 2.75) is 59.2 Å². The first-order valence-electron chi connectivity index (χ1n) is 6.38. The molecule has 0 radical (unpaired) electrons. The van der Waals surface area contributed by atoms with E-state index in [1.165, 1.54) is 13.0 Å². The quantitative estimate of drug-likeness (QED) is 0.708. The number of nitrogens with zero attached hydrogens (tertiary/aromatic N) is 3. The molecule has 2 unspecified atom stereocenters. The van der Waals surface area contributed by atoms with E-state index in [4.69, 9.17) is 0 Å². The molecule has 0 N–H and O–H groups in total. The van der Waals surface area contributed by atoms with Gasteiger partial charge < -0.3 is 0 Å². The summed E-state index contributed by atoms with van der Waals surface area (Å²) in [6.07, 6.45) is 1.29. The molecule has 96 valence electrons. The monoisotopic (exact) mass is 245 g/mol. The van der Waals surface area contributed by atoms with E-state index >= 15 is 0 Å². The van der Waals surface area contributed by atoms with Crippen molar-refractivity contribution in [3.8, 4) is 0 Å². The zero-order valence-corrected chi connectivity index (χ0v) is 12.8. The normalized spacial score (nSPS) is 29.6. The van der Waals surface area contributed by atoms with Crippen LogP contribution in [0.25, 0.3) is 0 Å². The van der Waals surface area contributed by atoms with Crippen molar-refractivity contribution in [1.82, 2.24) is 14.0 Å². The van der Waals surface area contributed by atoms with Crippen molar-refractivity contribution >= 4 is 8.37 Å². The van der Waals surface area contributed by atoms with E-state index in [9.17, 15) is 0 Å². The van der Waals surface area contributed by atoms with Gasteiger partial charge in [0, 0.05) is 24.7 Å². The van der Waals surface area contributed by atoms with Crippen molar-refractivity contribution < 1.29 is 0 Å². The van der Waals surface area contributed by atoms with Crippen LogP contribution >= 0.6 is 8.37 Å². The summed E-state index contributed by atoms with van der Waals surface area (Å²) in [5.41, 5.74) is 0. The van der Waals surface area contributed by atoms with Gasteiger partial charge in [-0.15, -0.1) is 0 Å². The zero-order chi connectivity index (χ0) is 12.5. The first kappa shape index (κ1) is 14.4. The average Bonchev–Trinajstić information content (AvgIpc) is 2.15. The largest absolute Gasteiger partial charge is 0.263 e. The van der Waals surface area contributed by atoms with Crippen LogP contribution in [0.4, 0.5) is 0 Å². The highest BCUT2D eigenvalue weighted by Gasteiger charge is 2.38. The maximum Gasteiger partial charge on any atom is 0.120 e. The van der Waals surface area contributed by atoms with E-state index in [1.807, 2.05) is 0 Å². The van der Waals surface area contributed by atoms with Crippen LogP contribution in [0.1, 0.15) is 41.0 Å². The Kier molecular flexibility index (Phi) is 5.18. The van der Waals surface area contributed by atoms with Crippen LogP contribution in [0.5, 0.6) is 0 Å². The van der Waals surface area contributed by atoms with Crippen LogP contribution in [-0.2, 0) is 0 Å². The molecular formula is C12H28N3P. The van der Waals surface area contributed by atoms with Gasteiger partial charge in [-0.3, -0.25) is 14.0 Å². The van der Waals surface area contributed by atoms with Crippen LogP contribution in [0.2, 0.25) is 0 Å². The highest BCUT2D eigenvalue weighted by Crippen LogP contribution is 2.52. The summed E-state index contributed by atoms with van der Waals surface area (Å²) in [6.45, 7) is 12.9. The summed E-state index contributed by atoms with van der Waals surface area (Å²) in [5, 5.41) is 0. The molecule has 3 nitrogen and oxygen atoms in total. The lowest BCUT2D eigenvalue weighted by Crippen LogP contribution is -2.50. The van der Waals surface area contributed by atoms with Crippen LogP contribution in [-0.4, -0.2) is 52.8 Å². The van der Waals surface area contributed by atoms with Gasteiger partial charge in [0.25, 0.3) is 0 Å². The minimum atomic E-state index is -0.276. The zero-order valence-electron chi connectivity index (χ0n) is 11.9. The first-order chi connectivity index (χ1) is 7.36. The molecular weight excluding hydrogens is 217 g/mol. The predicted molar refractivity (Wildman–Crippen MR) is 73.5 cm³/mol. The third-order valence-corrected chi connectivity index (χ3v) is 6.25. The Bertz CT molecular complexity index is 218. The number of hydrogen-bond acceptors (Lipinski definition) is 3. The molecule has 4 heteroatoms. The molecule has 1 aliphatic rings. The van der Waals surface area contributed by atoms with Gasteiger partial charge in [0.1, 0.15) is 8.37 Å². The molecule has 0 amide bonds. The summed E-state index contributed by atoms with van der Waals surface area (Å²) in [5.74, 6) is 0. The fourth-order valence-electron chi connectivity index (χ4n) is 2.47. The molecule has 0 aromatic heterocycles. The second-order valence-corrected chi connectivity index (χ2v) is 7.80. The van der Waals surface area contributed by atoms with Gasteiger partial charge in [0.05, 0.1) is 0 Å².